The number of nitrogens with zero attached hydrogens (tertiary/aromatic N) is 4. The number of likely N-dealkylation sites (tertiary alicyclic amines) is 1. The second-order valence-corrected chi connectivity index (χ2v) is 11.9. The summed E-state index contributed by atoms with van der Waals surface area (Å²) in [5, 5.41) is 4.92. The maximum absolute atomic E-state index is 13.9. The third kappa shape index (κ3) is 4.91. The Bertz CT molecular complexity index is 1320. The lowest BCUT2D eigenvalue weighted by molar-refractivity contribution is -0.130. The number of rotatable bonds is 4. The summed E-state index contributed by atoms with van der Waals surface area (Å²) in [6.45, 7) is 9.81. The van der Waals surface area contributed by atoms with Crippen molar-refractivity contribution < 1.29 is 14.0 Å². The summed E-state index contributed by atoms with van der Waals surface area (Å²) in [6, 6.07) is 14.3. The van der Waals surface area contributed by atoms with Crippen LogP contribution in [0.2, 0.25) is 0 Å². The number of carbonyl (C=O) groups is 2. The fourth-order valence-corrected chi connectivity index (χ4v) is 6.46. The van der Waals surface area contributed by atoms with E-state index >= 15 is 0 Å². The molecule has 1 atom stereocenters. The van der Waals surface area contributed by atoms with Gasteiger partial charge >= 0.3 is 0 Å². The van der Waals surface area contributed by atoms with E-state index in [4.69, 9.17) is 5.10 Å². The molecular formula is C29H33FN4O2S. The molecule has 1 fully saturated rings. The summed E-state index contributed by atoms with van der Waals surface area (Å²) < 4.78 is 15.6. The standard InChI is InChI=1S/C29H33FN4O2S/c1-19-9-5-6-10-22(19)26-25-27(29(2,3)4)31-34(21-13-11-20(30)12-14-21)28(25)33(24(36)18-37-26)17-23(35)32-15-7-8-16-32/h5-6,9-14,26H,7-8,15-18H2,1-4H3/t26-/m0/s1. The Labute approximate surface area is 221 Å². The highest BCUT2D eigenvalue weighted by Gasteiger charge is 2.40. The number of fused-ring (bicyclic) bond motifs is 1. The van der Waals surface area contributed by atoms with Crippen LogP contribution < -0.4 is 4.90 Å². The lowest BCUT2D eigenvalue weighted by Gasteiger charge is -2.26. The number of anilines is 1. The van der Waals surface area contributed by atoms with Crippen LogP contribution in [-0.4, -0.2) is 51.9 Å². The van der Waals surface area contributed by atoms with Gasteiger partial charge in [-0.05, 0) is 55.2 Å². The predicted molar refractivity (Wildman–Crippen MR) is 146 cm³/mol. The molecule has 8 heteroatoms. The van der Waals surface area contributed by atoms with Gasteiger partial charge in [-0.15, -0.1) is 11.8 Å². The first-order chi connectivity index (χ1) is 17.6. The summed E-state index contributed by atoms with van der Waals surface area (Å²) >= 11 is 1.58. The van der Waals surface area contributed by atoms with Crippen LogP contribution in [0, 0.1) is 12.7 Å². The Morgan fingerprint density at radius 3 is 2.41 bits per heavy atom. The smallest absolute Gasteiger partial charge is 0.242 e. The molecule has 0 unspecified atom stereocenters. The van der Waals surface area contributed by atoms with Gasteiger partial charge < -0.3 is 4.90 Å². The van der Waals surface area contributed by atoms with E-state index < -0.39 is 0 Å². The van der Waals surface area contributed by atoms with Gasteiger partial charge in [0.1, 0.15) is 18.2 Å². The molecule has 194 valence electrons. The summed E-state index contributed by atoms with van der Waals surface area (Å²) in [6.07, 6.45) is 1.97. The first-order valence-corrected chi connectivity index (χ1v) is 13.8. The molecule has 2 amide bonds. The second-order valence-electron chi connectivity index (χ2n) is 10.8. The number of benzene rings is 2. The molecule has 37 heavy (non-hydrogen) atoms. The Balaban J connectivity index is 1.76. The highest BCUT2D eigenvalue weighted by Crippen LogP contribution is 2.49. The van der Waals surface area contributed by atoms with Crippen molar-refractivity contribution in [2.45, 2.75) is 51.2 Å². The second kappa shape index (κ2) is 9.97. The molecule has 0 N–H and O–H groups in total. The summed E-state index contributed by atoms with van der Waals surface area (Å²) in [5.74, 6) is 0.322. The number of halogens is 1. The van der Waals surface area contributed by atoms with Gasteiger partial charge in [-0.1, -0.05) is 45.0 Å². The van der Waals surface area contributed by atoms with Gasteiger partial charge in [-0.25, -0.2) is 9.07 Å². The maximum Gasteiger partial charge on any atom is 0.242 e. The molecule has 0 radical (unpaired) electrons. The first kappa shape index (κ1) is 25.5. The van der Waals surface area contributed by atoms with Crippen molar-refractivity contribution in [3.63, 3.8) is 0 Å². The average Bonchev–Trinajstić information content (AvgIpc) is 3.50. The van der Waals surface area contributed by atoms with Crippen LogP contribution in [0.15, 0.2) is 48.5 Å². The zero-order valence-electron chi connectivity index (χ0n) is 21.8. The summed E-state index contributed by atoms with van der Waals surface area (Å²) in [5.41, 5.74) is 4.37. The Hall–Kier alpha value is -3.13. The third-order valence-electron chi connectivity index (χ3n) is 7.09. The Morgan fingerprint density at radius 1 is 1.08 bits per heavy atom. The number of aromatic nitrogens is 2. The van der Waals surface area contributed by atoms with Gasteiger partial charge in [0.2, 0.25) is 11.8 Å². The molecular weight excluding hydrogens is 487 g/mol. The van der Waals surface area contributed by atoms with Crippen LogP contribution in [-0.2, 0) is 15.0 Å². The van der Waals surface area contributed by atoms with Gasteiger partial charge in [0.15, 0.2) is 0 Å². The van der Waals surface area contributed by atoms with E-state index in [-0.39, 0.29) is 40.6 Å². The topological polar surface area (TPSA) is 58.4 Å². The lowest BCUT2D eigenvalue weighted by atomic mass is 9.86. The summed E-state index contributed by atoms with van der Waals surface area (Å²) in [7, 11) is 0. The molecule has 0 aliphatic carbocycles. The molecule has 2 aromatic carbocycles. The van der Waals surface area contributed by atoms with Crippen molar-refractivity contribution in [3.8, 4) is 5.69 Å². The van der Waals surface area contributed by atoms with Gasteiger partial charge in [-0.3, -0.25) is 14.5 Å². The highest BCUT2D eigenvalue weighted by atomic mass is 32.2. The normalized spacial score (nSPS) is 18.2. The molecule has 3 aromatic rings. The molecule has 5 rings (SSSR count). The van der Waals surface area contributed by atoms with Crippen molar-refractivity contribution in [1.29, 1.82) is 0 Å². The van der Waals surface area contributed by atoms with E-state index in [1.165, 1.54) is 12.1 Å². The van der Waals surface area contributed by atoms with Crippen LogP contribution in [0.4, 0.5) is 10.2 Å². The monoisotopic (exact) mass is 520 g/mol. The molecule has 1 aromatic heterocycles. The van der Waals surface area contributed by atoms with Crippen molar-refractivity contribution in [2.24, 2.45) is 0 Å². The molecule has 3 heterocycles. The average molecular weight is 521 g/mol. The van der Waals surface area contributed by atoms with Crippen molar-refractivity contribution in [1.82, 2.24) is 14.7 Å². The molecule has 6 nitrogen and oxygen atoms in total. The van der Waals surface area contributed by atoms with Gasteiger partial charge in [0.25, 0.3) is 0 Å². The van der Waals surface area contributed by atoms with Crippen molar-refractivity contribution in [2.75, 3.05) is 30.3 Å². The number of hydrogen-bond acceptors (Lipinski definition) is 4. The van der Waals surface area contributed by atoms with Gasteiger partial charge in [-0.2, -0.15) is 5.10 Å². The predicted octanol–water partition coefficient (Wildman–Crippen LogP) is 5.41. The molecule has 0 saturated carbocycles. The number of aryl methyl sites for hydroxylation is 1. The van der Waals surface area contributed by atoms with E-state index in [1.54, 1.807) is 33.5 Å². The van der Waals surface area contributed by atoms with Crippen LogP contribution in [0.1, 0.15) is 61.2 Å². The number of hydrogen-bond donors (Lipinski definition) is 0. The van der Waals surface area contributed by atoms with Crippen LogP contribution in [0.25, 0.3) is 5.69 Å². The van der Waals surface area contributed by atoms with E-state index in [0.717, 1.165) is 48.3 Å². The number of amides is 2. The third-order valence-corrected chi connectivity index (χ3v) is 8.33. The zero-order valence-corrected chi connectivity index (χ0v) is 22.6. The Kier molecular flexibility index (Phi) is 6.88. The zero-order chi connectivity index (χ0) is 26.3. The quantitative estimate of drug-likeness (QED) is 0.462. The minimum Gasteiger partial charge on any atom is -0.341 e. The molecule has 1 saturated heterocycles. The minimum absolute atomic E-state index is 0.0383. The Morgan fingerprint density at radius 2 is 1.76 bits per heavy atom. The van der Waals surface area contributed by atoms with Gasteiger partial charge in [0.05, 0.1) is 22.4 Å². The van der Waals surface area contributed by atoms with Gasteiger partial charge in [0, 0.05) is 24.1 Å². The maximum atomic E-state index is 13.9. The molecule has 0 spiro atoms. The van der Waals surface area contributed by atoms with Crippen LogP contribution >= 0.6 is 11.8 Å². The largest absolute Gasteiger partial charge is 0.341 e. The van der Waals surface area contributed by atoms with E-state index in [1.807, 2.05) is 17.0 Å². The minimum atomic E-state index is -0.344. The van der Waals surface area contributed by atoms with Crippen molar-refractivity contribution >= 4 is 29.4 Å². The number of thioether (sulfide) groups is 1. The number of carbonyl (C=O) groups excluding carboxylic acids is 2. The first-order valence-electron chi connectivity index (χ1n) is 12.8. The SMILES string of the molecule is Cc1ccccc1[C@@H]1SCC(=O)N(CC(=O)N2CCCC2)c2c1c(C(C)(C)C)nn2-c1ccc(F)cc1. The fraction of sp³-hybridized carbons (Fsp3) is 0.414. The van der Waals surface area contributed by atoms with E-state index in [9.17, 15) is 14.0 Å². The molecule has 2 aliphatic rings. The van der Waals surface area contributed by atoms with Crippen LogP contribution in [0.3, 0.4) is 0 Å². The molecule has 0 bridgehead atoms. The fourth-order valence-electron chi connectivity index (χ4n) is 5.16. The van der Waals surface area contributed by atoms with Crippen molar-refractivity contribution in [3.05, 3.63) is 76.7 Å². The highest BCUT2D eigenvalue weighted by molar-refractivity contribution is 8.00. The molecule has 2 aliphatic heterocycles. The van der Waals surface area contributed by atoms with E-state index in [0.29, 0.717) is 11.5 Å². The van der Waals surface area contributed by atoms with Crippen LogP contribution in [0.5, 0.6) is 0 Å². The van der Waals surface area contributed by atoms with E-state index in [2.05, 4.69) is 39.8 Å². The lowest BCUT2D eigenvalue weighted by Crippen LogP contribution is -2.43. The summed E-state index contributed by atoms with van der Waals surface area (Å²) in [4.78, 5) is 30.5.